The lowest BCUT2D eigenvalue weighted by Crippen LogP contribution is -2.28. The van der Waals surface area contributed by atoms with E-state index in [2.05, 4.69) is 14.8 Å². The van der Waals surface area contributed by atoms with E-state index in [1.54, 1.807) is 4.90 Å². The van der Waals surface area contributed by atoms with Crippen LogP contribution in [0.1, 0.15) is 49.8 Å². The van der Waals surface area contributed by atoms with Gasteiger partial charge in [-0.05, 0) is 43.4 Å². The van der Waals surface area contributed by atoms with E-state index in [1.807, 2.05) is 53.2 Å². The van der Waals surface area contributed by atoms with Gasteiger partial charge in [-0.15, -0.1) is 5.10 Å². The van der Waals surface area contributed by atoms with Crippen molar-refractivity contribution in [2.45, 2.75) is 51.5 Å². The van der Waals surface area contributed by atoms with E-state index < -0.39 is 7.82 Å². The number of anilines is 2. The van der Waals surface area contributed by atoms with Crippen LogP contribution in [-0.2, 0) is 31.6 Å². The van der Waals surface area contributed by atoms with Crippen LogP contribution in [0.4, 0.5) is 11.4 Å². The largest absolute Gasteiger partial charge is 0.469 e. The number of hydrogen-bond donors (Lipinski definition) is 3. The maximum atomic E-state index is 13.5. The lowest BCUT2D eigenvalue weighted by atomic mass is 9.96. The van der Waals surface area contributed by atoms with Crippen molar-refractivity contribution in [1.29, 1.82) is 0 Å². The lowest BCUT2D eigenvalue weighted by molar-refractivity contribution is -0.119. The molecule has 0 spiro atoms. The number of amides is 2. The van der Waals surface area contributed by atoms with Crippen LogP contribution < -0.4 is 10.6 Å². The molecule has 1 aliphatic rings. The van der Waals surface area contributed by atoms with Crippen LogP contribution in [0.25, 0.3) is 11.3 Å². The van der Waals surface area contributed by atoms with Crippen LogP contribution >= 0.6 is 7.82 Å². The SMILES string of the molecule is NC(=O)CCCCC(=O)N1c2ccccc2Cc2c(nnn2CCCCOP(=O)(O)O)-c2ccccc21. The molecule has 12 heteroatoms. The summed E-state index contributed by atoms with van der Waals surface area (Å²) in [7, 11) is -4.48. The van der Waals surface area contributed by atoms with E-state index in [0.717, 1.165) is 22.5 Å². The Morgan fingerprint density at radius 2 is 1.68 bits per heavy atom. The monoisotopic (exact) mass is 527 g/mol. The van der Waals surface area contributed by atoms with Gasteiger partial charge in [0.05, 0.1) is 23.7 Å². The van der Waals surface area contributed by atoms with Crippen molar-refractivity contribution >= 4 is 31.0 Å². The van der Waals surface area contributed by atoms with E-state index in [0.29, 0.717) is 50.0 Å². The first-order valence-corrected chi connectivity index (χ1v) is 13.7. The van der Waals surface area contributed by atoms with Crippen LogP contribution in [0.5, 0.6) is 0 Å². The van der Waals surface area contributed by atoms with Gasteiger partial charge in [-0.25, -0.2) is 9.25 Å². The number of primary amides is 1. The molecule has 4 N–H and O–H groups in total. The summed E-state index contributed by atoms with van der Waals surface area (Å²) in [4.78, 5) is 44.1. The van der Waals surface area contributed by atoms with Gasteiger partial charge in [0.25, 0.3) is 0 Å². The van der Waals surface area contributed by atoms with Crippen molar-refractivity contribution in [3.05, 3.63) is 59.8 Å². The van der Waals surface area contributed by atoms with E-state index in [1.165, 1.54) is 0 Å². The number of aryl methyl sites for hydroxylation is 1. The summed E-state index contributed by atoms with van der Waals surface area (Å²) in [5, 5.41) is 8.84. The quantitative estimate of drug-likeness (QED) is 0.252. The molecule has 2 heterocycles. The summed E-state index contributed by atoms with van der Waals surface area (Å²) in [6, 6.07) is 15.3. The van der Waals surface area contributed by atoms with Crippen molar-refractivity contribution in [3.8, 4) is 11.3 Å². The fourth-order valence-electron chi connectivity index (χ4n) is 4.46. The van der Waals surface area contributed by atoms with E-state index in [-0.39, 0.29) is 31.3 Å². The van der Waals surface area contributed by atoms with Crippen molar-refractivity contribution < 1.29 is 28.5 Å². The number of carbonyl (C=O) groups excluding carboxylic acids is 2. The Kier molecular flexibility index (Phi) is 8.50. The minimum atomic E-state index is -4.48. The summed E-state index contributed by atoms with van der Waals surface area (Å²) in [5.41, 5.74) is 10.0. The van der Waals surface area contributed by atoms with Gasteiger partial charge in [0.1, 0.15) is 5.69 Å². The maximum Gasteiger partial charge on any atom is 0.469 e. The van der Waals surface area contributed by atoms with Crippen molar-refractivity contribution in [2.24, 2.45) is 5.73 Å². The molecular formula is C25H30N5O6P. The topological polar surface area (TPSA) is 161 Å². The van der Waals surface area contributed by atoms with E-state index in [9.17, 15) is 14.2 Å². The van der Waals surface area contributed by atoms with E-state index >= 15 is 0 Å². The van der Waals surface area contributed by atoms with Crippen molar-refractivity contribution in [1.82, 2.24) is 15.0 Å². The predicted molar refractivity (Wildman–Crippen MR) is 137 cm³/mol. The maximum absolute atomic E-state index is 13.5. The van der Waals surface area contributed by atoms with Crippen LogP contribution in [0.15, 0.2) is 48.5 Å². The summed E-state index contributed by atoms with van der Waals surface area (Å²) in [5.74, 6) is -0.454. The smallest absolute Gasteiger partial charge is 0.370 e. The highest BCUT2D eigenvalue weighted by Crippen LogP contribution is 2.41. The average Bonchev–Trinajstić information content (AvgIpc) is 3.23. The Labute approximate surface area is 214 Å². The van der Waals surface area contributed by atoms with Crippen LogP contribution in [0.3, 0.4) is 0 Å². The molecule has 0 bridgehead atoms. The standard InChI is InChI=1S/C25H30N5O6P/c26-23(31)13-5-6-14-24(32)30-20-11-3-1-9-18(20)17-22-25(19-10-2-4-12-21(19)30)27-28-29(22)15-7-8-16-36-37(33,34)35/h1-4,9-12H,5-8,13-17H2,(H2,26,31)(H2,33,34,35). The molecule has 0 aliphatic carbocycles. The highest BCUT2D eigenvalue weighted by molar-refractivity contribution is 7.46. The van der Waals surface area contributed by atoms with E-state index in [4.69, 9.17) is 15.5 Å². The van der Waals surface area contributed by atoms with Gasteiger partial charge in [0.15, 0.2) is 0 Å². The van der Waals surface area contributed by atoms with Crippen molar-refractivity contribution in [2.75, 3.05) is 11.5 Å². The Morgan fingerprint density at radius 3 is 2.43 bits per heavy atom. The molecule has 4 rings (SSSR count). The summed E-state index contributed by atoms with van der Waals surface area (Å²) < 4.78 is 17.2. The minimum Gasteiger partial charge on any atom is -0.370 e. The number of phosphoric acid groups is 1. The molecule has 1 aromatic heterocycles. The number of nitrogens with two attached hydrogens (primary N) is 1. The summed E-state index contributed by atoms with van der Waals surface area (Å²) in [6.45, 7) is 0.447. The van der Waals surface area contributed by atoms with Gasteiger partial charge in [0.2, 0.25) is 11.8 Å². The molecule has 37 heavy (non-hydrogen) atoms. The van der Waals surface area contributed by atoms with Crippen LogP contribution in [0.2, 0.25) is 0 Å². The summed E-state index contributed by atoms with van der Waals surface area (Å²) >= 11 is 0. The molecule has 0 saturated heterocycles. The Hall–Kier alpha value is -3.37. The first kappa shape index (κ1) is 26.7. The zero-order chi connectivity index (χ0) is 26.4. The number of nitrogens with zero attached hydrogens (tertiary/aromatic N) is 4. The van der Waals surface area contributed by atoms with Gasteiger partial charge < -0.3 is 15.5 Å². The number of carbonyl (C=O) groups is 2. The zero-order valence-electron chi connectivity index (χ0n) is 20.3. The lowest BCUT2D eigenvalue weighted by Gasteiger charge is -2.29. The summed E-state index contributed by atoms with van der Waals surface area (Å²) in [6.07, 6.45) is 3.16. The van der Waals surface area contributed by atoms with Crippen LogP contribution in [0, 0.1) is 0 Å². The fourth-order valence-corrected chi connectivity index (χ4v) is 4.82. The second kappa shape index (κ2) is 11.8. The molecule has 0 radical (unpaired) electrons. The fraction of sp³-hybridized carbons (Fsp3) is 0.360. The third kappa shape index (κ3) is 6.69. The normalized spacial score (nSPS) is 12.8. The Balaban J connectivity index is 1.64. The second-order valence-corrected chi connectivity index (χ2v) is 10.1. The second-order valence-electron chi connectivity index (χ2n) is 8.86. The molecule has 0 saturated carbocycles. The number of hydrogen-bond acceptors (Lipinski definition) is 6. The third-order valence-electron chi connectivity index (χ3n) is 6.17. The highest BCUT2D eigenvalue weighted by Gasteiger charge is 2.29. The van der Waals surface area contributed by atoms with Gasteiger partial charge >= 0.3 is 7.82 Å². The average molecular weight is 528 g/mol. The first-order valence-electron chi connectivity index (χ1n) is 12.2. The number of aromatic nitrogens is 3. The Bertz CT molecular complexity index is 1320. The van der Waals surface area contributed by atoms with Crippen LogP contribution in [-0.4, -0.2) is 43.2 Å². The molecule has 0 atom stereocenters. The molecule has 2 aromatic carbocycles. The minimum absolute atomic E-state index is 0.0522. The van der Waals surface area contributed by atoms with Gasteiger partial charge in [0, 0.05) is 31.4 Å². The number of rotatable bonds is 11. The number of unbranched alkanes of at least 4 members (excludes halogenated alkanes) is 2. The number of fused-ring (bicyclic) bond motifs is 4. The third-order valence-corrected chi connectivity index (χ3v) is 6.68. The molecule has 2 amide bonds. The molecule has 0 unspecified atom stereocenters. The number of phosphoric ester groups is 1. The van der Waals surface area contributed by atoms with Gasteiger partial charge in [-0.2, -0.15) is 0 Å². The molecule has 0 fully saturated rings. The zero-order valence-corrected chi connectivity index (χ0v) is 21.2. The van der Waals surface area contributed by atoms with Crippen molar-refractivity contribution in [3.63, 3.8) is 0 Å². The molecule has 196 valence electrons. The van der Waals surface area contributed by atoms with Gasteiger partial charge in [-0.1, -0.05) is 41.6 Å². The molecule has 3 aromatic rings. The number of para-hydroxylation sites is 2. The van der Waals surface area contributed by atoms with Gasteiger partial charge in [-0.3, -0.25) is 19.0 Å². The Morgan fingerprint density at radius 1 is 0.973 bits per heavy atom. The number of benzene rings is 2. The molecule has 1 aliphatic heterocycles. The molecule has 11 nitrogen and oxygen atoms in total. The first-order chi connectivity index (χ1) is 17.7. The predicted octanol–water partition coefficient (Wildman–Crippen LogP) is 3.45. The highest BCUT2D eigenvalue weighted by atomic mass is 31.2. The molecular weight excluding hydrogens is 497 g/mol.